The summed E-state index contributed by atoms with van der Waals surface area (Å²) in [6.07, 6.45) is -2.10. The normalized spacial score (nSPS) is 14.1. The molecule has 0 radical (unpaired) electrons. The molecule has 0 aliphatic carbocycles. The molecule has 3 aromatic rings. The van der Waals surface area contributed by atoms with Crippen LogP contribution in [0.25, 0.3) is 16.8 Å². The maximum absolute atomic E-state index is 13.1. The number of nitrogens with zero attached hydrogens (tertiary/aromatic N) is 3. The molecule has 0 unspecified atom stereocenters. The first-order valence-corrected chi connectivity index (χ1v) is 11.7. The van der Waals surface area contributed by atoms with Gasteiger partial charge >= 0.3 is 12.3 Å². The molecule has 0 bridgehead atoms. The van der Waals surface area contributed by atoms with E-state index in [2.05, 4.69) is 29.2 Å². The highest BCUT2D eigenvalue weighted by atomic mass is 19.4. The lowest BCUT2D eigenvalue weighted by Crippen LogP contribution is -2.52. The third kappa shape index (κ3) is 6.89. The number of aromatic nitrogens is 3. The second kappa shape index (κ2) is 9.99. The summed E-state index contributed by atoms with van der Waals surface area (Å²) in [6.45, 7) is 13.5. The van der Waals surface area contributed by atoms with E-state index < -0.39 is 29.1 Å². The van der Waals surface area contributed by atoms with Gasteiger partial charge < -0.3 is 14.8 Å². The Balaban J connectivity index is 1.82. The molecule has 1 N–H and O–H groups in total. The van der Waals surface area contributed by atoms with Crippen molar-refractivity contribution >= 4 is 11.7 Å². The monoisotopic (exact) mass is 506 g/mol. The second-order valence-electron chi connectivity index (χ2n) is 10.7. The Hall–Kier alpha value is -3.30. The summed E-state index contributed by atoms with van der Waals surface area (Å²) in [5.74, 6) is 0.895. The summed E-state index contributed by atoms with van der Waals surface area (Å²) in [5.41, 5.74) is -0.193. The number of hydrogen-bond donors (Lipinski definition) is 1. The number of carbonyl (C=O) groups is 1. The molecule has 10 heteroatoms. The van der Waals surface area contributed by atoms with Crippen molar-refractivity contribution < 1.29 is 27.4 Å². The molecular weight excluding hydrogens is 473 g/mol. The first-order valence-electron chi connectivity index (χ1n) is 11.7. The lowest BCUT2D eigenvalue weighted by molar-refractivity contribution is -0.140. The standard InChI is InChI=1S/C26H33F3N4O3/c1-16(2)13-25(7,32-23(34)36-24(4,5)6)15-35-20-9-8-18(12-17(20)3)19-10-11-30-33-14-21(26(27,28)29)31-22(19)33/h8-12,14,16H,13,15H2,1-7H3,(H,32,34)/t25-/m0/s1. The van der Waals surface area contributed by atoms with Gasteiger partial charge in [-0.2, -0.15) is 18.3 Å². The van der Waals surface area contributed by atoms with Gasteiger partial charge in [-0.3, -0.25) is 0 Å². The minimum absolute atomic E-state index is 0.115. The number of benzene rings is 1. The van der Waals surface area contributed by atoms with Crippen LogP contribution in [0, 0.1) is 12.8 Å². The highest BCUT2D eigenvalue weighted by molar-refractivity contribution is 5.78. The van der Waals surface area contributed by atoms with E-state index in [9.17, 15) is 18.0 Å². The zero-order valence-corrected chi connectivity index (χ0v) is 21.7. The Morgan fingerprint density at radius 1 is 1.14 bits per heavy atom. The van der Waals surface area contributed by atoms with E-state index in [-0.39, 0.29) is 12.3 Å². The number of fused-ring (bicyclic) bond motifs is 1. The van der Waals surface area contributed by atoms with Crippen molar-refractivity contribution in [1.82, 2.24) is 19.9 Å². The highest BCUT2D eigenvalue weighted by Gasteiger charge is 2.35. The quantitative estimate of drug-likeness (QED) is 0.399. The Labute approximate surface area is 209 Å². The summed E-state index contributed by atoms with van der Waals surface area (Å²) < 4.78 is 52.1. The topological polar surface area (TPSA) is 77.8 Å². The van der Waals surface area contributed by atoms with E-state index >= 15 is 0 Å². The van der Waals surface area contributed by atoms with Crippen LogP contribution in [0.5, 0.6) is 5.75 Å². The number of carbonyl (C=O) groups excluding carboxylic acids is 1. The number of alkyl halides is 3. The SMILES string of the molecule is Cc1cc(-c2ccnn3cc(C(F)(F)F)nc23)ccc1OC[C@](C)(CC(C)C)NC(=O)OC(C)(C)C. The van der Waals surface area contributed by atoms with Gasteiger partial charge in [0.25, 0.3) is 0 Å². The van der Waals surface area contributed by atoms with Crippen LogP contribution < -0.4 is 10.1 Å². The number of ether oxygens (including phenoxy) is 2. The summed E-state index contributed by atoms with van der Waals surface area (Å²) in [6, 6.07) is 6.98. The third-order valence-corrected chi connectivity index (χ3v) is 5.35. The Bertz CT molecular complexity index is 1230. The Morgan fingerprint density at radius 2 is 1.83 bits per heavy atom. The van der Waals surface area contributed by atoms with Crippen LogP contribution in [0.4, 0.5) is 18.0 Å². The fourth-order valence-electron chi connectivity index (χ4n) is 4.07. The predicted molar refractivity (Wildman–Crippen MR) is 131 cm³/mol. The number of halogens is 3. The van der Waals surface area contributed by atoms with Gasteiger partial charge in [0.05, 0.1) is 11.7 Å². The summed E-state index contributed by atoms with van der Waals surface area (Å²) in [7, 11) is 0. The van der Waals surface area contributed by atoms with E-state index in [1.54, 1.807) is 39.0 Å². The molecule has 2 heterocycles. The number of aryl methyl sites for hydroxylation is 1. The van der Waals surface area contributed by atoms with Gasteiger partial charge in [-0.15, -0.1) is 0 Å². The number of rotatable bonds is 7. The zero-order chi connectivity index (χ0) is 26.9. The lowest BCUT2D eigenvalue weighted by Gasteiger charge is -2.33. The van der Waals surface area contributed by atoms with Crippen LogP contribution in [0.3, 0.4) is 0 Å². The van der Waals surface area contributed by atoms with Gasteiger partial charge in [0.15, 0.2) is 11.3 Å². The molecule has 3 rings (SSSR count). The first kappa shape index (κ1) is 27.3. The molecule has 1 atom stereocenters. The molecule has 2 aromatic heterocycles. The van der Waals surface area contributed by atoms with E-state index in [1.165, 1.54) is 6.20 Å². The zero-order valence-electron chi connectivity index (χ0n) is 21.7. The fourth-order valence-corrected chi connectivity index (χ4v) is 4.07. The van der Waals surface area contributed by atoms with Crippen LogP contribution >= 0.6 is 0 Å². The molecule has 196 valence electrons. The Kier molecular flexibility index (Phi) is 7.57. The summed E-state index contributed by atoms with van der Waals surface area (Å²) in [5, 5.41) is 6.90. The highest BCUT2D eigenvalue weighted by Crippen LogP contribution is 2.33. The number of hydrogen-bond acceptors (Lipinski definition) is 5. The molecule has 0 spiro atoms. The van der Waals surface area contributed by atoms with Gasteiger partial charge in [-0.25, -0.2) is 14.3 Å². The summed E-state index contributed by atoms with van der Waals surface area (Å²) >= 11 is 0. The van der Waals surface area contributed by atoms with Crippen molar-refractivity contribution in [2.45, 2.75) is 72.2 Å². The van der Waals surface area contributed by atoms with Gasteiger partial charge in [0, 0.05) is 11.8 Å². The average Bonchev–Trinajstić information content (AvgIpc) is 3.15. The number of alkyl carbamates (subject to hydrolysis) is 1. The third-order valence-electron chi connectivity index (χ3n) is 5.35. The maximum atomic E-state index is 13.1. The number of imidazole rings is 1. The minimum atomic E-state index is -4.56. The maximum Gasteiger partial charge on any atom is 0.434 e. The Morgan fingerprint density at radius 3 is 2.42 bits per heavy atom. The van der Waals surface area contributed by atoms with Gasteiger partial charge in [-0.1, -0.05) is 19.9 Å². The molecule has 0 saturated heterocycles. The molecule has 1 amide bonds. The van der Waals surface area contributed by atoms with E-state index in [4.69, 9.17) is 9.47 Å². The van der Waals surface area contributed by atoms with Gasteiger partial charge in [0.2, 0.25) is 0 Å². The molecule has 0 aliphatic heterocycles. The number of amides is 1. The smallest absolute Gasteiger partial charge is 0.434 e. The lowest BCUT2D eigenvalue weighted by atomic mass is 9.91. The van der Waals surface area contributed by atoms with Crippen LogP contribution in [0.15, 0.2) is 36.7 Å². The van der Waals surface area contributed by atoms with E-state index in [0.29, 0.717) is 29.2 Å². The molecule has 0 fully saturated rings. The van der Waals surface area contributed by atoms with Crippen LogP contribution in [-0.4, -0.2) is 38.4 Å². The van der Waals surface area contributed by atoms with Gasteiger partial charge in [0.1, 0.15) is 18.0 Å². The summed E-state index contributed by atoms with van der Waals surface area (Å²) in [4.78, 5) is 16.2. The van der Waals surface area contributed by atoms with E-state index in [1.807, 2.05) is 19.9 Å². The second-order valence-corrected chi connectivity index (χ2v) is 10.7. The average molecular weight is 507 g/mol. The van der Waals surface area contributed by atoms with Crippen molar-refractivity contribution in [3.05, 3.63) is 47.9 Å². The number of nitrogens with one attached hydrogen (secondary N) is 1. The minimum Gasteiger partial charge on any atom is -0.491 e. The van der Waals surface area contributed by atoms with Crippen molar-refractivity contribution in [3.63, 3.8) is 0 Å². The largest absolute Gasteiger partial charge is 0.491 e. The van der Waals surface area contributed by atoms with Crippen molar-refractivity contribution in [2.24, 2.45) is 5.92 Å². The molecule has 1 aromatic carbocycles. The van der Waals surface area contributed by atoms with Crippen LogP contribution in [-0.2, 0) is 10.9 Å². The fraction of sp³-hybridized carbons (Fsp3) is 0.500. The molecule has 7 nitrogen and oxygen atoms in total. The molecule has 36 heavy (non-hydrogen) atoms. The van der Waals surface area contributed by atoms with E-state index in [0.717, 1.165) is 16.3 Å². The predicted octanol–water partition coefficient (Wildman–Crippen LogP) is 6.43. The van der Waals surface area contributed by atoms with Crippen LogP contribution in [0.2, 0.25) is 0 Å². The molecule has 0 saturated carbocycles. The molecule has 0 aliphatic rings. The molecular formula is C26H33F3N4O3. The first-order chi connectivity index (χ1) is 16.6. The van der Waals surface area contributed by atoms with Crippen molar-refractivity contribution in [2.75, 3.05) is 6.61 Å². The van der Waals surface area contributed by atoms with Crippen LogP contribution in [0.1, 0.15) is 59.2 Å². The van der Waals surface area contributed by atoms with Gasteiger partial charge in [-0.05, 0) is 76.3 Å². The van der Waals surface area contributed by atoms with Crippen molar-refractivity contribution in [1.29, 1.82) is 0 Å². The van der Waals surface area contributed by atoms with Crippen molar-refractivity contribution in [3.8, 4) is 16.9 Å².